The van der Waals surface area contributed by atoms with Crippen molar-refractivity contribution in [3.63, 3.8) is 0 Å². The number of hydrogen-bond acceptors (Lipinski definition) is 1. The van der Waals surface area contributed by atoms with E-state index in [4.69, 9.17) is 0 Å². The molecule has 0 aromatic carbocycles. The van der Waals surface area contributed by atoms with Crippen molar-refractivity contribution in [1.82, 2.24) is 5.09 Å². The summed E-state index contributed by atoms with van der Waals surface area (Å²) < 4.78 is 0. The van der Waals surface area contributed by atoms with Gasteiger partial charge < -0.3 is 0 Å². The van der Waals surface area contributed by atoms with Gasteiger partial charge in [-0.05, 0) is 45.7 Å². The molecule has 0 rings (SSSR count). The Morgan fingerprint density at radius 1 is 1.14 bits per heavy atom. The van der Waals surface area contributed by atoms with Crippen LogP contribution in [0.25, 0.3) is 0 Å². The van der Waals surface area contributed by atoms with E-state index in [9.17, 15) is 0 Å². The molecule has 0 aromatic heterocycles. The van der Waals surface area contributed by atoms with Gasteiger partial charge in [0.25, 0.3) is 0 Å². The molecule has 0 heterocycles. The van der Waals surface area contributed by atoms with Crippen molar-refractivity contribution in [2.45, 2.75) is 47.0 Å². The van der Waals surface area contributed by atoms with E-state index in [0.29, 0.717) is 0 Å². The predicted molar refractivity (Wildman–Crippen MR) is 69.2 cm³/mol. The van der Waals surface area contributed by atoms with Gasteiger partial charge in [0.15, 0.2) is 0 Å². The quantitative estimate of drug-likeness (QED) is 0.604. The molecule has 2 unspecified atom stereocenters. The third kappa shape index (κ3) is 6.79. The second kappa shape index (κ2) is 8.68. The van der Waals surface area contributed by atoms with Gasteiger partial charge in [-0.3, -0.25) is 5.09 Å². The second-order valence-electron chi connectivity index (χ2n) is 4.42. The minimum Gasteiger partial charge on any atom is -0.296 e. The third-order valence-corrected chi connectivity index (χ3v) is 4.93. The molecule has 2 atom stereocenters. The average molecular weight is 217 g/mol. The average Bonchev–Trinajstić information content (AvgIpc) is 2.14. The molecule has 1 nitrogen and oxygen atoms in total. The van der Waals surface area contributed by atoms with Crippen molar-refractivity contribution >= 4 is 8.07 Å². The maximum absolute atomic E-state index is 3.55. The summed E-state index contributed by atoms with van der Waals surface area (Å²) in [7, 11) is 0.0893. The van der Waals surface area contributed by atoms with Crippen LogP contribution in [-0.2, 0) is 0 Å². The van der Waals surface area contributed by atoms with Gasteiger partial charge in [0.05, 0.1) is 0 Å². The highest BCUT2D eigenvalue weighted by Crippen LogP contribution is 2.31. The van der Waals surface area contributed by atoms with Gasteiger partial charge >= 0.3 is 0 Å². The van der Waals surface area contributed by atoms with Crippen molar-refractivity contribution in [1.29, 1.82) is 0 Å². The summed E-state index contributed by atoms with van der Waals surface area (Å²) in [4.78, 5) is 0. The van der Waals surface area contributed by atoms with Gasteiger partial charge in [-0.1, -0.05) is 40.5 Å². The zero-order valence-electron chi connectivity index (χ0n) is 10.6. The van der Waals surface area contributed by atoms with Gasteiger partial charge in [0.2, 0.25) is 0 Å². The Labute approximate surface area is 91.9 Å². The summed E-state index contributed by atoms with van der Waals surface area (Å²) in [5.41, 5.74) is 0. The summed E-state index contributed by atoms with van der Waals surface area (Å²) in [5, 5.41) is 3.55. The van der Waals surface area contributed by atoms with E-state index in [1.165, 1.54) is 25.4 Å². The largest absolute Gasteiger partial charge is 0.296 e. The molecule has 0 fully saturated rings. The van der Waals surface area contributed by atoms with E-state index >= 15 is 0 Å². The Morgan fingerprint density at radius 2 is 1.71 bits per heavy atom. The van der Waals surface area contributed by atoms with Gasteiger partial charge in [-0.25, -0.2) is 0 Å². The summed E-state index contributed by atoms with van der Waals surface area (Å²) >= 11 is 0. The van der Waals surface area contributed by atoms with Crippen LogP contribution < -0.4 is 5.09 Å². The highest BCUT2D eigenvalue weighted by atomic mass is 31.1. The first-order chi connectivity index (χ1) is 6.63. The molecule has 0 aromatic rings. The van der Waals surface area contributed by atoms with Crippen LogP contribution in [0.5, 0.6) is 0 Å². The lowest BCUT2D eigenvalue weighted by molar-refractivity contribution is 0.391. The van der Waals surface area contributed by atoms with Crippen molar-refractivity contribution < 1.29 is 0 Å². The summed E-state index contributed by atoms with van der Waals surface area (Å²) in [6.07, 6.45) is 5.51. The minimum absolute atomic E-state index is 0.0893. The Kier molecular flexibility index (Phi) is 8.92. The lowest BCUT2D eigenvalue weighted by atomic mass is 9.93. The fraction of sp³-hybridized carbons (Fsp3) is 1.00. The molecule has 0 aliphatic rings. The summed E-state index contributed by atoms with van der Waals surface area (Å²) in [6.45, 7) is 12.7. The lowest BCUT2D eigenvalue weighted by Gasteiger charge is -2.21. The standard InChI is InChI=1S/C12H28NP/c1-6-12(7-2)9-11(4)10-14(5)13-8-3/h11-13H,6-10H2,1-5H3. The molecule has 86 valence electrons. The first-order valence-electron chi connectivity index (χ1n) is 6.08. The van der Waals surface area contributed by atoms with Crippen molar-refractivity contribution in [2.24, 2.45) is 11.8 Å². The summed E-state index contributed by atoms with van der Waals surface area (Å²) in [6, 6.07) is 0. The fourth-order valence-corrected chi connectivity index (χ4v) is 3.82. The zero-order valence-corrected chi connectivity index (χ0v) is 11.5. The molecule has 0 spiro atoms. The zero-order chi connectivity index (χ0) is 11.0. The Balaban J connectivity index is 3.67. The number of hydrogen-bond donors (Lipinski definition) is 1. The molecule has 1 N–H and O–H groups in total. The number of rotatable bonds is 8. The van der Waals surface area contributed by atoms with Crippen molar-refractivity contribution in [3.05, 3.63) is 0 Å². The number of nitrogens with one attached hydrogen (secondary N) is 1. The van der Waals surface area contributed by atoms with Gasteiger partial charge in [0.1, 0.15) is 0 Å². The van der Waals surface area contributed by atoms with E-state index in [-0.39, 0.29) is 8.07 Å². The molecule has 0 amide bonds. The van der Waals surface area contributed by atoms with Crippen LogP contribution in [0, 0.1) is 11.8 Å². The Hall–Kier alpha value is 0.390. The molecule has 0 radical (unpaired) electrons. The highest BCUT2D eigenvalue weighted by Gasteiger charge is 2.12. The van der Waals surface area contributed by atoms with Gasteiger partial charge in [-0.2, -0.15) is 0 Å². The predicted octanol–water partition coefficient (Wildman–Crippen LogP) is 4.09. The first-order valence-corrected chi connectivity index (χ1v) is 8.05. The molecule has 0 saturated heterocycles. The molecule has 0 aliphatic heterocycles. The smallest absolute Gasteiger partial charge is 0.00385 e. The monoisotopic (exact) mass is 217 g/mol. The van der Waals surface area contributed by atoms with Crippen LogP contribution in [0.15, 0.2) is 0 Å². The van der Waals surface area contributed by atoms with Crippen LogP contribution in [0.4, 0.5) is 0 Å². The van der Waals surface area contributed by atoms with Gasteiger partial charge in [0, 0.05) is 0 Å². The van der Waals surface area contributed by atoms with Gasteiger partial charge in [-0.15, -0.1) is 0 Å². The maximum Gasteiger partial charge on any atom is -0.00385 e. The minimum atomic E-state index is 0.0893. The molecule has 14 heavy (non-hydrogen) atoms. The van der Waals surface area contributed by atoms with E-state index < -0.39 is 0 Å². The molecular formula is C12H28NP. The molecular weight excluding hydrogens is 189 g/mol. The topological polar surface area (TPSA) is 12.0 Å². The molecule has 0 bridgehead atoms. The molecule has 0 aliphatic carbocycles. The van der Waals surface area contributed by atoms with E-state index in [1.807, 2.05) is 0 Å². The SMILES string of the molecule is CCNP(C)CC(C)CC(CC)CC. The highest BCUT2D eigenvalue weighted by molar-refractivity contribution is 7.54. The van der Waals surface area contributed by atoms with Crippen LogP contribution in [-0.4, -0.2) is 19.4 Å². The van der Waals surface area contributed by atoms with E-state index in [0.717, 1.165) is 18.4 Å². The molecule has 2 heteroatoms. The third-order valence-electron chi connectivity index (χ3n) is 2.90. The second-order valence-corrected chi connectivity index (χ2v) is 6.49. The van der Waals surface area contributed by atoms with Crippen LogP contribution in [0.3, 0.4) is 0 Å². The van der Waals surface area contributed by atoms with Crippen molar-refractivity contribution in [3.8, 4) is 0 Å². The van der Waals surface area contributed by atoms with E-state index in [2.05, 4.69) is 39.4 Å². The normalized spacial score (nSPS) is 15.9. The lowest BCUT2D eigenvalue weighted by Crippen LogP contribution is -2.13. The summed E-state index contributed by atoms with van der Waals surface area (Å²) in [5.74, 6) is 1.85. The van der Waals surface area contributed by atoms with Crippen LogP contribution >= 0.6 is 8.07 Å². The van der Waals surface area contributed by atoms with Crippen LogP contribution in [0.2, 0.25) is 0 Å². The van der Waals surface area contributed by atoms with Crippen LogP contribution in [0.1, 0.15) is 47.0 Å². The van der Waals surface area contributed by atoms with Crippen molar-refractivity contribution in [2.75, 3.05) is 19.4 Å². The maximum atomic E-state index is 3.55. The fourth-order valence-electron chi connectivity index (χ4n) is 2.07. The first kappa shape index (κ1) is 14.4. The molecule has 0 saturated carbocycles. The Morgan fingerprint density at radius 3 is 2.14 bits per heavy atom. The Bertz CT molecular complexity index is 123. The van der Waals surface area contributed by atoms with E-state index in [1.54, 1.807) is 0 Å².